The smallest absolute Gasteiger partial charge is 0.417 e. The number of cyclic esters (lactones) is 4. The number of nitrogens with one attached hydrogen (secondary N) is 2. The lowest BCUT2D eigenvalue weighted by molar-refractivity contribution is -0.144. The number of aliphatic hydroxyl groups is 2. The molecule has 6 amide bonds. The van der Waals surface area contributed by atoms with Crippen LogP contribution in [0.5, 0.6) is 0 Å². The molecule has 0 radical (unpaired) electrons. The standard InChI is InChI=1S/2C16H27NO4.2C14H25NO3.C13H26O3/c1-9(15(3,4)5)12(19)11-13(16(6,7)8)21-14(20)17(11)10(2)18;1-9(15(3,4)5)11(19)12-13(16(6,7)8)17(10(2)18)14(20)21-12;1-8(13(2,3)4)10(16)9-11(14(5,6)7)18-12(17)15-9;1-8(13(2,3)4)9(16)10-11(14(5,6)7)15-12(17)18-10;1-8(12(2,3)4)9(14)10(15)11(16)13(5,6)7/h9,11,13H,1-8H3;9,12-13H,1-8H3;8-9,11H,1-7H3,(H,15,17);8,10-11H,1-7H3,(H,15,17);8,10-11,15-16H,1-7H3/t9-,11?,13?;9-,12?,13?;8-,9?,11?;2*8-,10?,11?/m00000/s1. The first-order chi connectivity index (χ1) is 41.3. The van der Waals surface area contributed by atoms with E-state index >= 15 is 0 Å². The minimum Gasteiger partial charge on any atom is -0.443 e. The number of ketones is 5. The van der Waals surface area contributed by atoms with E-state index in [4.69, 9.17) is 18.9 Å². The lowest BCUT2D eigenvalue weighted by Gasteiger charge is -2.35. The number of hydrogen-bond acceptors (Lipinski definition) is 17. The van der Waals surface area contributed by atoms with E-state index in [1.807, 2.05) is 215 Å². The molecule has 0 bridgehead atoms. The number of nitrogens with zero attached hydrogens (tertiary/aromatic N) is 2. The number of rotatable bonds is 11. The molecular formula is C73H130N4O17. The fraction of sp³-hybridized carbons (Fsp3) is 0.849. The van der Waals surface area contributed by atoms with Crippen LogP contribution >= 0.6 is 0 Å². The second kappa shape index (κ2) is 31.5. The normalized spacial score (nSPS) is 24.5. The van der Waals surface area contributed by atoms with Crippen LogP contribution < -0.4 is 10.6 Å². The number of amides is 6. The molecule has 0 aromatic carbocycles. The Bertz CT molecular complexity index is 2630. The third-order valence-corrected chi connectivity index (χ3v) is 19.1. The summed E-state index contributed by atoms with van der Waals surface area (Å²) in [6.45, 7) is 70.4. The molecule has 4 fully saturated rings. The first-order valence-electron chi connectivity index (χ1n) is 33.3. The number of alkyl carbamates (subject to hydrolysis) is 2. The van der Waals surface area contributed by atoms with Gasteiger partial charge >= 0.3 is 24.4 Å². The lowest BCUT2D eigenvalue weighted by Crippen LogP contribution is -2.52. The topological polar surface area (TPSA) is 296 Å². The summed E-state index contributed by atoms with van der Waals surface area (Å²) in [6, 6.07) is -2.21. The maximum Gasteiger partial charge on any atom is 0.417 e. The third kappa shape index (κ3) is 24.0. The number of imide groups is 2. The van der Waals surface area contributed by atoms with Crippen molar-refractivity contribution in [1.29, 1.82) is 0 Å². The Hall–Kier alpha value is -5.31. The Morgan fingerprint density at radius 1 is 0.383 bits per heavy atom. The van der Waals surface area contributed by atoms with E-state index in [2.05, 4.69) is 10.6 Å². The minimum atomic E-state index is -1.30. The minimum absolute atomic E-state index is 0.000718. The van der Waals surface area contributed by atoms with Crippen molar-refractivity contribution in [2.75, 3.05) is 0 Å². The Morgan fingerprint density at radius 3 is 1.05 bits per heavy atom. The van der Waals surface area contributed by atoms with Crippen LogP contribution in [0.3, 0.4) is 0 Å². The number of ether oxygens (including phenoxy) is 4. The van der Waals surface area contributed by atoms with Crippen LogP contribution in [0.25, 0.3) is 0 Å². The Morgan fingerprint density at radius 2 is 0.723 bits per heavy atom. The average Bonchev–Trinajstić information content (AvgIpc) is 1.62. The van der Waals surface area contributed by atoms with E-state index in [1.165, 1.54) is 13.8 Å². The first kappa shape index (κ1) is 88.7. The summed E-state index contributed by atoms with van der Waals surface area (Å²) < 4.78 is 21.0. The molecule has 4 aliphatic heterocycles. The number of carbonyl (C=O) groups is 11. The molecule has 4 N–H and O–H groups in total. The van der Waals surface area contributed by atoms with Crippen molar-refractivity contribution in [2.24, 2.45) is 83.7 Å². The summed E-state index contributed by atoms with van der Waals surface area (Å²) in [5, 5.41) is 25.1. The molecule has 0 aromatic rings. The first-order valence-corrected chi connectivity index (χ1v) is 33.3. The average molecular weight is 1340 g/mol. The highest BCUT2D eigenvalue weighted by Gasteiger charge is 2.57. The van der Waals surface area contributed by atoms with Gasteiger partial charge in [0.2, 0.25) is 11.8 Å². The Balaban J connectivity index is 0.00000115. The molecule has 94 heavy (non-hydrogen) atoms. The van der Waals surface area contributed by atoms with E-state index in [9.17, 15) is 63.0 Å². The zero-order chi connectivity index (χ0) is 75.4. The van der Waals surface area contributed by atoms with Crippen molar-refractivity contribution in [2.45, 2.75) is 317 Å². The van der Waals surface area contributed by atoms with E-state index in [-0.39, 0.29) is 102 Å². The molecule has 21 nitrogen and oxygen atoms in total. The highest BCUT2D eigenvalue weighted by Crippen LogP contribution is 2.41. The second-order valence-electron chi connectivity index (χ2n) is 37.3. The van der Waals surface area contributed by atoms with Gasteiger partial charge in [-0.3, -0.25) is 33.6 Å². The molecule has 21 heteroatoms. The Kier molecular flexibility index (Phi) is 29.7. The summed E-state index contributed by atoms with van der Waals surface area (Å²) in [7, 11) is 0. The van der Waals surface area contributed by atoms with Crippen molar-refractivity contribution >= 4 is 65.1 Å². The molecule has 10 unspecified atom stereocenters. The van der Waals surface area contributed by atoms with E-state index in [1.54, 1.807) is 27.7 Å². The molecular weight excluding hydrogens is 1200 g/mol. The maximum absolute atomic E-state index is 12.9. The van der Waals surface area contributed by atoms with Gasteiger partial charge in [-0.2, -0.15) is 0 Å². The van der Waals surface area contributed by atoms with Crippen molar-refractivity contribution in [3.05, 3.63) is 0 Å². The molecule has 544 valence electrons. The van der Waals surface area contributed by atoms with Gasteiger partial charge in [0.1, 0.15) is 30.4 Å². The van der Waals surface area contributed by atoms with Gasteiger partial charge in [-0.1, -0.05) is 242 Å². The molecule has 0 aromatic heterocycles. The summed E-state index contributed by atoms with van der Waals surface area (Å²) in [6.07, 6.45) is -7.33. The van der Waals surface area contributed by atoms with Gasteiger partial charge in [0.25, 0.3) is 0 Å². The maximum atomic E-state index is 12.9. The largest absolute Gasteiger partial charge is 0.443 e. The van der Waals surface area contributed by atoms with Gasteiger partial charge < -0.3 is 39.8 Å². The van der Waals surface area contributed by atoms with Crippen LogP contribution in [0, 0.1) is 83.7 Å². The zero-order valence-corrected chi connectivity index (χ0v) is 65.1. The van der Waals surface area contributed by atoms with Gasteiger partial charge in [0, 0.05) is 54.3 Å². The van der Waals surface area contributed by atoms with Gasteiger partial charge in [0.05, 0.1) is 18.2 Å². The summed E-state index contributed by atoms with van der Waals surface area (Å²) in [5.41, 5.74) is -2.72. The van der Waals surface area contributed by atoms with Gasteiger partial charge in [-0.25, -0.2) is 29.0 Å². The number of aliphatic hydroxyl groups excluding tert-OH is 2. The second-order valence-corrected chi connectivity index (χ2v) is 37.3. The summed E-state index contributed by atoms with van der Waals surface area (Å²) in [5.74, 6) is -2.44. The molecule has 0 aliphatic carbocycles. The van der Waals surface area contributed by atoms with Crippen LogP contribution in [-0.4, -0.2) is 146 Å². The highest BCUT2D eigenvalue weighted by atomic mass is 16.6. The SMILES string of the molecule is CC(=O)N1C(=O)OC(C(=O)[C@H](C)C(C)(C)C)C1C(C)(C)C.CC(=O)N1C(=O)OC(C(C)(C)C)C1C(=O)[C@H](C)C(C)(C)C.C[C@@H](C(=O)C(O)C(O)C(C)(C)C)C(C)(C)C.C[C@@H](C(=O)C1NC(=O)OC1C(C)(C)C)C(C)(C)C.C[C@@H](C(=O)C1OC(=O)NC1C(C)(C)C)C(C)(C)C. The monoisotopic (exact) mass is 1330 g/mol. The Labute approximate surface area is 565 Å². The molecule has 4 heterocycles. The molecule has 4 rings (SSSR count). The van der Waals surface area contributed by atoms with Gasteiger partial charge in [-0.05, 0) is 43.3 Å². The molecule has 0 spiro atoms. The predicted molar refractivity (Wildman–Crippen MR) is 365 cm³/mol. The number of Topliss-reactive ketones (excluding diaryl/α,β-unsaturated/α-hetero) is 5. The fourth-order valence-corrected chi connectivity index (χ4v) is 10.3. The van der Waals surface area contributed by atoms with Crippen molar-refractivity contribution < 1.29 is 81.9 Å². The quantitative estimate of drug-likeness (QED) is 0.140. The molecule has 4 saturated heterocycles. The molecule has 15 atom stereocenters. The summed E-state index contributed by atoms with van der Waals surface area (Å²) in [4.78, 5) is 135. The molecule has 4 aliphatic rings. The number of hydrogen-bond donors (Lipinski definition) is 4. The van der Waals surface area contributed by atoms with Crippen LogP contribution in [0.2, 0.25) is 0 Å². The van der Waals surface area contributed by atoms with Crippen LogP contribution in [-0.2, 0) is 52.5 Å². The predicted octanol–water partition coefficient (Wildman–Crippen LogP) is 13.6. The molecule has 0 saturated carbocycles. The van der Waals surface area contributed by atoms with Gasteiger partial charge in [0.15, 0.2) is 41.1 Å². The van der Waals surface area contributed by atoms with Gasteiger partial charge in [-0.15, -0.1) is 0 Å². The van der Waals surface area contributed by atoms with E-state index in [0.717, 1.165) is 9.80 Å². The number of carbonyl (C=O) groups excluding carboxylic acids is 11. The van der Waals surface area contributed by atoms with Crippen LogP contribution in [0.1, 0.15) is 256 Å². The highest BCUT2D eigenvalue weighted by molar-refractivity contribution is 6.01. The van der Waals surface area contributed by atoms with Crippen molar-refractivity contribution in [1.82, 2.24) is 20.4 Å². The van der Waals surface area contributed by atoms with Crippen molar-refractivity contribution in [3.8, 4) is 0 Å². The van der Waals surface area contributed by atoms with E-state index in [0.29, 0.717) is 0 Å². The van der Waals surface area contributed by atoms with Crippen LogP contribution in [0.4, 0.5) is 19.2 Å². The zero-order valence-electron chi connectivity index (χ0n) is 65.1. The summed E-state index contributed by atoms with van der Waals surface area (Å²) >= 11 is 0. The van der Waals surface area contributed by atoms with Crippen LogP contribution in [0.15, 0.2) is 0 Å². The van der Waals surface area contributed by atoms with Crippen molar-refractivity contribution in [3.63, 3.8) is 0 Å². The van der Waals surface area contributed by atoms with E-state index < -0.39 is 107 Å². The third-order valence-electron chi connectivity index (χ3n) is 19.1. The lowest BCUT2D eigenvalue weighted by atomic mass is 9.74. The fourth-order valence-electron chi connectivity index (χ4n) is 10.3.